The van der Waals surface area contributed by atoms with Crippen LogP contribution in [-0.4, -0.2) is 55.2 Å². The first-order valence-corrected chi connectivity index (χ1v) is 9.28. The number of hydrogen-bond donors (Lipinski definition) is 1. The third-order valence-electron chi connectivity index (χ3n) is 6.45. The molecule has 3 aliphatic rings. The molecule has 0 radical (unpaired) electrons. The van der Waals surface area contributed by atoms with Crippen molar-refractivity contribution in [3.63, 3.8) is 0 Å². The Bertz CT molecular complexity index is 631. The van der Waals surface area contributed by atoms with Crippen molar-refractivity contribution >= 4 is 5.91 Å². The van der Waals surface area contributed by atoms with Crippen LogP contribution in [0.4, 0.5) is 0 Å². The summed E-state index contributed by atoms with van der Waals surface area (Å²) in [7, 11) is 1.81. The Kier molecular flexibility index (Phi) is 4.52. The number of primary amides is 1. The molecule has 2 aliphatic heterocycles. The van der Waals surface area contributed by atoms with E-state index in [9.17, 15) is 4.79 Å². The quantitative estimate of drug-likeness (QED) is 0.896. The zero-order valence-electron chi connectivity index (χ0n) is 14.8. The van der Waals surface area contributed by atoms with E-state index in [1.54, 1.807) is 6.20 Å². The molecule has 3 heterocycles. The number of likely N-dealkylation sites (tertiary alicyclic amines) is 1. The third kappa shape index (κ3) is 2.76. The molecule has 1 aromatic heterocycles. The van der Waals surface area contributed by atoms with Crippen molar-refractivity contribution in [2.45, 2.75) is 37.3 Å². The standard InChI is InChI=1S/C19H27N3O3/c1-24-19(13-5-7-21-17(9-13)18(20)23)14-3-2-4-15(19)11-22(10-14)16-6-8-25-12-16/h5,7,9,14-16H,2-4,6,8,10-12H2,1H3,(H2,20,23)/t14?,15?,16-,19?/m0/s1. The number of carbonyl (C=O) groups excluding carboxylic acids is 1. The lowest BCUT2D eigenvalue weighted by Crippen LogP contribution is -2.61. The van der Waals surface area contributed by atoms with E-state index >= 15 is 0 Å². The number of nitrogens with zero attached hydrogens (tertiary/aromatic N) is 2. The molecular weight excluding hydrogens is 318 g/mol. The summed E-state index contributed by atoms with van der Waals surface area (Å²) in [4.78, 5) is 18.3. The zero-order chi connectivity index (χ0) is 17.4. The summed E-state index contributed by atoms with van der Waals surface area (Å²) in [5, 5.41) is 0. The maximum atomic E-state index is 11.6. The molecular formula is C19H27N3O3. The summed E-state index contributed by atoms with van der Waals surface area (Å²) in [6.45, 7) is 3.76. The molecule has 3 fully saturated rings. The number of piperidine rings is 1. The largest absolute Gasteiger partial charge is 0.380 e. The molecule has 2 unspecified atom stereocenters. The molecule has 2 saturated heterocycles. The molecule has 6 heteroatoms. The van der Waals surface area contributed by atoms with Crippen LogP contribution < -0.4 is 5.73 Å². The second kappa shape index (κ2) is 6.67. The first kappa shape index (κ1) is 16.9. The fourth-order valence-electron chi connectivity index (χ4n) is 5.31. The molecule has 2 N–H and O–H groups in total. The molecule has 2 bridgehead atoms. The highest BCUT2D eigenvalue weighted by Crippen LogP contribution is 2.52. The summed E-state index contributed by atoms with van der Waals surface area (Å²) in [6.07, 6.45) is 6.33. The van der Waals surface area contributed by atoms with Crippen molar-refractivity contribution in [3.05, 3.63) is 29.6 Å². The maximum Gasteiger partial charge on any atom is 0.267 e. The SMILES string of the molecule is COC1(c2ccnc(C(N)=O)c2)C2CCCC1CN([C@H]1CCOC1)C2. The fraction of sp³-hybridized carbons (Fsp3) is 0.684. The number of amides is 1. The Labute approximate surface area is 148 Å². The van der Waals surface area contributed by atoms with Gasteiger partial charge >= 0.3 is 0 Å². The topological polar surface area (TPSA) is 77.7 Å². The molecule has 1 aliphatic carbocycles. The summed E-state index contributed by atoms with van der Waals surface area (Å²) < 4.78 is 11.8. The molecule has 0 spiro atoms. The van der Waals surface area contributed by atoms with Gasteiger partial charge in [-0.3, -0.25) is 14.7 Å². The van der Waals surface area contributed by atoms with Gasteiger partial charge < -0.3 is 15.2 Å². The lowest BCUT2D eigenvalue weighted by Gasteiger charge is -2.56. The van der Waals surface area contributed by atoms with Gasteiger partial charge in [0.2, 0.25) is 0 Å². The van der Waals surface area contributed by atoms with E-state index in [2.05, 4.69) is 9.88 Å². The normalized spacial score (nSPS) is 35.6. The minimum atomic E-state index is -0.487. The summed E-state index contributed by atoms with van der Waals surface area (Å²) in [5.41, 5.74) is 6.48. The van der Waals surface area contributed by atoms with Gasteiger partial charge in [-0.1, -0.05) is 6.42 Å². The van der Waals surface area contributed by atoms with E-state index in [1.807, 2.05) is 19.2 Å². The van der Waals surface area contributed by atoms with Crippen molar-refractivity contribution in [1.82, 2.24) is 9.88 Å². The maximum absolute atomic E-state index is 11.6. The fourth-order valence-corrected chi connectivity index (χ4v) is 5.31. The van der Waals surface area contributed by atoms with Gasteiger partial charge in [-0.25, -0.2) is 0 Å². The number of methoxy groups -OCH3 is 1. The van der Waals surface area contributed by atoms with Gasteiger partial charge in [0.25, 0.3) is 5.91 Å². The third-order valence-corrected chi connectivity index (χ3v) is 6.45. The molecule has 0 aromatic carbocycles. The van der Waals surface area contributed by atoms with E-state index in [0.29, 0.717) is 23.6 Å². The van der Waals surface area contributed by atoms with Gasteiger partial charge in [0.05, 0.1) is 6.61 Å². The Morgan fingerprint density at radius 1 is 1.36 bits per heavy atom. The van der Waals surface area contributed by atoms with Crippen molar-refractivity contribution < 1.29 is 14.3 Å². The number of hydrogen-bond acceptors (Lipinski definition) is 5. The van der Waals surface area contributed by atoms with Crippen LogP contribution >= 0.6 is 0 Å². The predicted molar refractivity (Wildman–Crippen MR) is 93.1 cm³/mol. The van der Waals surface area contributed by atoms with E-state index < -0.39 is 5.91 Å². The summed E-state index contributed by atoms with van der Waals surface area (Å²) in [6, 6.07) is 4.37. The smallest absolute Gasteiger partial charge is 0.267 e. The van der Waals surface area contributed by atoms with Crippen LogP contribution in [0.3, 0.4) is 0 Å². The Morgan fingerprint density at radius 2 is 2.12 bits per heavy atom. The highest BCUT2D eigenvalue weighted by molar-refractivity contribution is 5.90. The lowest BCUT2D eigenvalue weighted by atomic mass is 9.62. The van der Waals surface area contributed by atoms with Crippen molar-refractivity contribution in [3.8, 4) is 0 Å². The molecule has 4 rings (SSSR count). The summed E-state index contributed by atoms with van der Waals surface area (Å²) >= 11 is 0. The molecule has 136 valence electrons. The van der Waals surface area contributed by atoms with Gasteiger partial charge in [-0.2, -0.15) is 0 Å². The van der Waals surface area contributed by atoms with Crippen LogP contribution in [0.15, 0.2) is 18.3 Å². The van der Waals surface area contributed by atoms with Gasteiger partial charge in [-0.05, 0) is 37.0 Å². The molecule has 6 nitrogen and oxygen atoms in total. The average Bonchev–Trinajstić information content (AvgIpc) is 3.15. The van der Waals surface area contributed by atoms with Gasteiger partial charge in [0.1, 0.15) is 11.3 Å². The van der Waals surface area contributed by atoms with Gasteiger partial charge in [0.15, 0.2) is 0 Å². The average molecular weight is 345 g/mol. The highest BCUT2D eigenvalue weighted by atomic mass is 16.5. The predicted octanol–water partition coefficient (Wildman–Crippen LogP) is 1.54. The highest BCUT2D eigenvalue weighted by Gasteiger charge is 2.54. The number of nitrogens with two attached hydrogens (primary N) is 1. The minimum absolute atomic E-state index is 0.318. The second-order valence-electron chi connectivity index (χ2n) is 7.59. The Morgan fingerprint density at radius 3 is 2.72 bits per heavy atom. The summed E-state index contributed by atoms with van der Waals surface area (Å²) in [5.74, 6) is 0.334. The van der Waals surface area contributed by atoms with E-state index in [0.717, 1.165) is 51.1 Å². The number of pyridine rings is 1. The Balaban J connectivity index is 1.69. The number of fused-ring (bicyclic) bond motifs is 2. The molecule has 3 atom stereocenters. The number of ether oxygens (including phenoxy) is 2. The Hall–Kier alpha value is -1.50. The van der Waals surface area contributed by atoms with Gasteiger partial charge in [0, 0.05) is 50.9 Å². The minimum Gasteiger partial charge on any atom is -0.380 e. The number of carbonyl (C=O) groups is 1. The zero-order valence-corrected chi connectivity index (χ0v) is 14.8. The second-order valence-corrected chi connectivity index (χ2v) is 7.59. The van der Waals surface area contributed by atoms with Crippen LogP contribution in [0.2, 0.25) is 0 Å². The number of rotatable bonds is 4. The molecule has 1 amide bonds. The molecule has 1 aromatic rings. The van der Waals surface area contributed by atoms with Crippen molar-refractivity contribution in [2.24, 2.45) is 17.6 Å². The molecule has 1 saturated carbocycles. The van der Waals surface area contributed by atoms with Gasteiger partial charge in [-0.15, -0.1) is 0 Å². The van der Waals surface area contributed by atoms with Crippen LogP contribution in [0.1, 0.15) is 41.7 Å². The van der Waals surface area contributed by atoms with Crippen LogP contribution in [0.5, 0.6) is 0 Å². The van der Waals surface area contributed by atoms with Crippen LogP contribution in [0.25, 0.3) is 0 Å². The van der Waals surface area contributed by atoms with E-state index in [4.69, 9.17) is 15.2 Å². The van der Waals surface area contributed by atoms with Crippen LogP contribution in [-0.2, 0) is 15.1 Å². The first-order chi connectivity index (χ1) is 12.1. The molecule has 25 heavy (non-hydrogen) atoms. The number of aromatic nitrogens is 1. The monoisotopic (exact) mass is 345 g/mol. The van der Waals surface area contributed by atoms with Crippen molar-refractivity contribution in [1.29, 1.82) is 0 Å². The lowest BCUT2D eigenvalue weighted by molar-refractivity contribution is -0.174. The van der Waals surface area contributed by atoms with E-state index in [-0.39, 0.29) is 5.60 Å². The van der Waals surface area contributed by atoms with Crippen molar-refractivity contribution in [2.75, 3.05) is 33.4 Å². The first-order valence-electron chi connectivity index (χ1n) is 9.28. The van der Waals surface area contributed by atoms with Crippen LogP contribution in [0, 0.1) is 11.8 Å². The van der Waals surface area contributed by atoms with E-state index in [1.165, 1.54) is 6.42 Å².